The second-order valence-corrected chi connectivity index (χ2v) is 15.2. The van der Waals surface area contributed by atoms with Crippen molar-refractivity contribution >= 4 is 22.0 Å². The summed E-state index contributed by atoms with van der Waals surface area (Å²) >= 11 is 0. The Morgan fingerprint density at radius 2 is 1.88 bits per heavy atom. The van der Waals surface area contributed by atoms with Gasteiger partial charge in [0.15, 0.2) is 17.8 Å². The van der Waals surface area contributed by atoms with Gasteiger partial charge in [-0.05, 0) is 48.8 Å². The van der Waals surface area contributed by atoms with Crippen molar-refractivity contribution in [1.82, 2.24) is 14.5 Å². The number of rotatable bonds is 16. The molecule has 5 atom stereocenters. The molecule has 2 saturated heterocycles. The van der Waals surface area contributed by atoms with Crippen molar-refractivity contribution in [3.05, 3.63) is 54.1 Å². The van der Waals surface area contributed by atoms with Crippen molar-refractivity contribution in [2.45, 2.75) is 68.9 Å². The number of ether oxygens (including phenoxy) is 4. The van der Waals surface area contributed by atoms with E-state index in [4.69, 9.17) is 24.7 Å². The molecule has 0 spiro atoms. The van der Waals surface area contributed by atoms with Crippen molar-refractivity contribution in [2.75, 3.05) is 46.2 Å². The van der Waals surface area contributed by atoms with Crippen molar-refractivity contribution in [1.29, 1.82) is 0 Å². The van der Waals surface area contributed by atoms with Crippen LogP contribution >= 0.6 is 0 Å². The van der Waals surface area contributed by atoms with E-state index in [1.54, 1.807) is 0 Å². The van der Waals surface area contributed by atoms with Gasteiger partial charge in [-0.15, -0.1) is 0 Å². The normalized spacial score (nSPS) is 21.6. The van der Waals surface area contributed by atoms with E-state index in [0.29, 0.717) is 38.2 Å². The summed E-state index contributed by atoms with van der Waals surface area (Å²) in [5.74, 6) is 0.167. The highest BCUT2D eigenvalue weighted by Gasteiger charge is 2.47. The monoisotopic (exact) mass is 689 g/mol. The second-order valence-electron chi connectivity index (χ2n) is 13.2. The number of sulfonamides is 1. The molecule has 4 N–H and O–H groups in total. The summed E-state index contributed by atoms with van der Waals surface area (Å²) < 4.78 is 52.1. The Kier molecular flexibility index (Phi) is 11.5. The van der Waals surface area contributed by atoms with E-state index in [9.17, 15) is 28.2 Å². The third-order valence-corrected chi connectivity index (χ3v) is 11.0. The number of benzene rings is 2. The first-order chi connectivity index (χ1) is 22.9. The zero-order valence-corrected chi connectivity index (χ0v) is 28.1. The lowest BCUT2D eigenvalue weighted by Gasteiger charge is -2.43. The van der Waals surface area contributed by atoms with Crippen LogP contribution in [-0.2, 0) is 30.7 Å². The minimum atomic E-state index is -4.26. The van der Waals surface area contributed by atoms with Crippen LogP contribution in [0.4, 0.5) is 4.79 Å². The molecule has 2 fully saturated rings. The molecule has 3 aliphatic rings. The molecule has 0 unspecified atom stereocenters. The lowest BCUT2D eigenvalue weighted by Crippen LogP contribution is -2.61. The first-order valence-corrected chi connectivity index (χ1v) is 17.6. The summed E-state index contributed by atoms with van der Waals surface area (Å²) in [6, 6.07) is 11.7. The zero-order valence-electron chi connectivity index (χ0n) is 27.3. The fourth-order valence-electron chi connectivity index (χ4n) is 6.71. The molecule has 5 rings (SSSR count). The molecule has 3 aliphatic heterocycles. The quantitative estimate of drug-likeness (QED) is 0.210. The molecule has 0 saturated carbocycles. The van der Waals surface area contributed by atoms with Crippen molar-refractivity contribution < 1.29 is 47.2 Å². The minimum Gasteiger partial charge on any atom is -0.530 e. The van der Waals surface area contributed by atoms with Crippen molar-refractivity contribution in [2.24, 2.45) is 17.1 Å². The van der Waals surface area contributed by atoms with Gasteiger partial charge in [-0.3, -0.25) is 4.79 Å². The van der Waals surface area contributed by atoms with Crippen LogP contribution in [0, 0.1) is 11.3 Å². The molecule has 2 aromatic carbocycles. The Bertz CT molecular complexity index is 1530. The summed E-state index contributed by atoms with van der Waals surface area (Å²) in [7, 11) is -4.26. The van der Waals surface area contributed by atoms with Crippen LogP contribution in [0.3, 0.4) is 0 Å². The van der Waals surface area contributed by atoms with Crippen molar-refractivity contribution in [3.8, 4) is 11.5 Å². The third kappa shape index (κ3) is 8.39. The molecule has 48 heavy (non-hydrogen) atoms. The fraction of sp³-hybridized carbons (Fsp3) is 0.576. The van der Waals surface area contributed by atoms with E-state index in [2.05, 4.69) is 5.32 Å². The van der Waals surface area contributed by atoms with Gasteiger partial charge in [-0.2, -0.15) is 4.31 Å². The van der Waals surface area contributed by atoms with E-state index in [1.807, 2.05) is 44.2 Å². The van der Waals surface area contributed by atoms with Crippen molar-refractivity contribution in [3.63, 3.8) is 0 Å². The van der Waals surface area contributed by atoms with Gasteiger partial charge in [0.05, 0.1) is 42.8 Å². The van der Waals surface area contributed by atoms with Gasteiger partial charge in [0.25, 0.3) is 0 Å². The van der Waals surface area contributed by atoms with E-state index in [1.165, 1.54) is 22.5 Å². The van der Waals surface area contributed by atoms with Crippen LogP contribution in [0.25, 0.3) is 0 Å². The van der Waals surface area contributed by atoms with E-state index >= 15 is 0 Å². The number of aliphatic hydroxyl groups is 1. The summed E-state index contributed by atoms with van der Waals surface area (Å²) in [4.78, 5) is 25.6. The highest BCUT2D eigenvalue weighted by molar-refractivity contribution is 7.89. The maximum Gasteiger partial charge on any atom is 0.243 e. The smallest absolute Gasteiger partial charge is 0.243 e. The van der Waals surface area contributed by atoms with Crippen LogP contribution in [0.1, 0.15) is 38.7 Å². The number of carbonyl (C=O) groups is 2. The lowest BCUT2D eigenvalue weighted by atomic mass is 9.87. The molecule has 0 aliphatic carbocycles. The van der Waals surface area contributed by atoms with E-state index < -0.39 is 52.6 Å². The number of hydrogen-bond acceptors (Lipinski definition) is 11. The molecule has 264 valence electrons. The van der Waals surface area contributed by atoms with Crippen LogP contribution in [-0.4, -0.2) is 105 Å². The van der Waals surface area contributed by atoms with Gasteiger partial charge in [0.1, 0.15) is 6.09 Å². The summed E-state index contributed by atoms with van der Waals surface area (Å²) in [6.45, 7) is 4.06. The highest BCUT2D eigenvalue weighted by Crippen LogP contribution is 2.38. The topological polar surface area (TPSA) is 193 Å². The molecule has 3 heterocycles. The molecule has 0 aromatic heterocycles. The fourth-order valence-corrected chi connectivity index (χ4v) is 8.37. The number of fused-ring (bicyclic) bond motifs is 2. The first-order valence-electron chi connectivity index (χ1n) is 16.2. The average Bonchev–Trinajstić information content (AvgIpc) is 3.81. The van der Waals surface area contributed by atoms with Crippen LogP contribution in [0.2, 0.25) is 0 Å². The zero-order chi connectivity index (χ0) is 34.5. The minimum absolute atomic E-state index is 0.0138. The molecule has 0 bridgehead atoms. The van der Waals surface area contributed by atoms with Gasteiger partial charge in [0.2, 0.25) is 22.7 Å². The number of nitrogens with zero attached hydrogens (tertiary/aromatic N) is 2. The average molecular weight is 690 g/mol. The number of amides is 2. The highest BCUT2D eigenvalue weighted by atomic mass is 32.2. The molecule has 0 radical (unpaired) electrons. The van der Waals surface area contributed by atoms with Gasteiger partial charge in [-0.25, -0.2) is 8.42 Å². The first kappa shape index (κ1) is 35.8. The Morgan fingerprint density at radius 3 is 2.60 bits per heavy atom. The van der Waals surface area contributed by atoms with Gasteiger partial charge < -0.3 is 49.9 Å². The maximum absolute atomic E-state index is 14.4. The summed E-state index contributed by atoms with van der Waals surface area (Å²) in [5.41, 5.74) is 5.53. The Morgan fingerprint density at radius 1 is 1.12 bits per heavy atom. The molecular weight excluding hydrogens is 644 g/mol. The van der Waals surface area contributed by atoms with E-state index in [0.717, 1.165) is 10.5 Å². The number of aliphatic hydroxyl groups excluding tert-OH is 1. The second kappa shape index (κ2) is 15.4. The Balaban J connectivity index is 1.45. The molecule has 2 amide bonds. The Hall–Kier alpha value is -3.47. The predicted octanol–water partition coefficient (Wildman–Crippen LogP) is 0.666. The largest absolute Gasteiger partial charge is 0.530 e. The number of nitrogens with two attached hydrogens (primary N) is 1. The lowest BCUT2D eigenvalue weighted by molar-refractivity contribution is -0.273. The molecule has 14 nitrogen and oxygen atoms in total. The van der Waals surface area contributed by atoms with Crippen LogP contribution in [0.5, 0.6) is 11.5 Å². The molecular formula is C33H45N4O10S-. The van der Waals surface area contributed by atoms with E-state index in [-0.39, 0.29) is 55.4 Å². The Labute approximate surface area is 281 Å². The summed E-state index contributed by atoms with van der Waals surface area (Å²) in [6.07, 6.45) is -1.73. The molecule has 15 heteroatoms. The van der Waals surface area contributed by atoms with Crippen LogP contribution in [0.15, 0.2) is 53.4 Å². The van der Waals surface area contributed by atoms with Gasteiger partial charge in [-0.1, -0.05) is 44.2 Å². The SMILES string of the molecule is CC(C)(CCCNC(=O)CN)CN(C[C@@H](O)[C@H](Cc1ccccc1)N(C(=O)[O-])[C@H]1CO[C@H]2OCC[C@H]21)S(=O)(=O)c1ccc2c(c1)OCO2. The number of hydrogen-bond donors (Lipinski definition) is 3. The van der Waals surface area contributed by atoms with Gasteiger partial charge in [0, 0.05) is 31.6 Å². The van der Waals surface area contributed by atoms with Crippen LogP contribution < -0.4 is 25.6 Å². The number of carbonyl (C=O) groups excluding carboxylic acids is 2. The number of carboxylic acid groups (broad SMARTS) is 1. The summed E-state index contributed by atoms with van der Waals surface area (Å²) in [5, 5.41) is 27.6. The predicted molar refractivity (Wildman–Crippen MR) is 171 cm³/mol. The number of nitrogens with one attached hydrogen (secondary N) is 1. The van der Waals surface area contributed by atoms with Gasteiger partial charge >= 0.3 is 0 Å². The standard InChI is InChI=1S/C33H46N4O10S/c1-33(2,12-6-13-35-30(39)17-34)20-36(48(42,43)23-9-10-28-29(16-23)47-21-46-28)18-27(38)25(15-22-7-4-3-5-8-22)37(32(40)41)26-19-45-31-24(26)11-14-44-31/h3-5,7-10,16,24-27,31,38H,6,11-15,17-21,34H2,1-2H3,(H,35,39)(H,40,41)/p-1/t24-,25-,26-,27+,31+/m0/s1. The maximum atomic E-state index is 14.4. The third-order valence-electron chi connectivity index (χ3n) is 9.18. The molecule has 2 aromatic rings.